The van der Waals surface area contributed by atoms with Gasteiger partial charge in [-0.1, -0.05) is 0 Å². The van der Waals surface area contributed by atoms with E-state index in [0.717, 1.165) is 0 Å². The van der Waals surface area contributed by atoms with Gasteiger partial charge in [0.05, 0.1) is 11.5 Å². The number of nitrogens with one attached hydrogen (secondary N) is 3. The van der Waals surface area contributed by atoms with Crippen molar-refractivity contribution in [1.82, 2.24) is 5.32 Å². The van der Waals surface area contributed by atoms with Crippen molar-refractivity contribution in [3.05, 3.63) is 78.4 Å². The Labute approximate surface area is 191 Å². The highest BCUT2D eigenvalue weighted by Crippen LogP contribution is 2.21. The van der Waals surface area contributed by atoms with Crippen molar-refractivity contribution in [3.63, 3.8) is 0 Å². The number of benzene rings is 3. The van der Waals surface area contributed by atoms with Crippen molar-refractivity contribution in [1.29, 1.82) is 0 Å². The third kappa shape index (κ3) is 6.19. The van der Waals surface area contributed by atoms with Crippen LogP contribution in [0.5, 0.6) is 11.5 Å². The van der Waals surface area contributed by atoms with Crippen LogP contribution in [0.2, 0.25) is 0 Å². The van der Waals surface area contributed by atoms with E-state index in [1.54, 1.807) is 24.3 Å². The highest BCUT2D eigenvalue weighted by Gasteiger charge is 2.15. The molecule has 8 nitrogen and oxygen atoms in total. The smallest absolute Gasteiger partial charge is 0.261 e. The maximum absolute atomic E-state index is 12.6. The first kappa shape index (κ1) is 23.0. The minimum Gasteiger partial charge on any atom is -0.508 e. The van der Waals surface area contributed by atoms with Crippen LogP contribution >= 0.6 is 12.2 Å². The number of carbonyl (C=O) groups is 1. The number of aromatic hydroxyl groups is 1. The lowest BCUT2D eigenvalue weighted by Crippen LogP contribution is -2.34. The number of phenolic OH excluding ortho intramolecular Hbond substituents is 1. The fourth-order valence-corrected chi connectivity index (χ4v) is 3.94. The predicted molar refractivity (Wildman–Crippen MR) is 127 cm³/mol. The molecule has 0 bridgehead atoms. The Balaban J connectivity index is 1.60. The van der Waals surface area contributed by atoms with Gasteiger partial charge in [0, 0.05) is 16.9 Å². The monoisotopic (exact) mass is 471 g/mol. The number of phenols is 1. The summed E-state index contributed by atoms with van der Waals surface area (Å²) in [5, 5.41) is 14.7. The number of carbonyl (C=O) groups excluding carboxylic acids is 1. The number of amides is 1. The van der Waals surface area contributed by atoms with Crippen LogP contribution in [0.15, 0.2) is 77.7 Å². The van der Waals surface area contributed by atoms with E-state index in [1.807, 2.05) is 6.92 Å². The predicted octanol–water partition coefficient (Wildman–Crippen LogP) is 3.72. The summed E-state index contributed by atoms with van der Waals surface area (Å²) < 4.78 is 33.1. The standard InChI is InChI=1S/C22H21N3O5S2/c1-2-30-19-11-5-17(6-12-19)25-32(28,29)20-13-7-16(8-14-20)23-22(31)24-21(27)15-3-9-18(26)10-4-15/h3-14,25-26H,2H2,1H3,(H2,23,24,27,31). The minimum atomic E-state index is -3.78. The van der Waals surface area contributed by atoms with Crippen LogP contribution in [-0.4, -0.2) is 31.2 Å². The number of hydrogen-bond donors (Lipinski definition) is 4. The summed E-state index contributed by atoms with van der Waals surface area (Å²) in [4.78, 5) is 12.2. The molecule has 32 heavy (non-hydrogen) atoms. The van der Waals surface area contributed by atoms with Crippen molar-refractivity contribution in [2.24, 2.45) is 0 Å². The van der Waals surface area contributed by atoms with E-state index >= 15 is 0 Å². The molecule has 0 atom stereocenters. The Bertz CT molecular complexity index is 1190. The molecule has 166 valence electrons. The summed E-state index contributed by atoms with van der Waals surface area (Å²) in [6.07, 6.45) is 0. The van der Waals surface area contributed by atoms with Gasteiger partial charge in [-0.15, -0.1) is 0 Å². The molecule has 10 heteroatoms. The maximum atomic E-state index is 12.6. The van der Waals surface area contributed by atoms with Gasteiger partial charge in [-0.05, 0) is 91.9 Å². The number of ether oxygens (including phenoxy) is 1. The molecule has 0 aromatic heterocycles. The summed E-state index contributed by atoms with van der Waals surface area (Å²) >= 11 is 5.13. The quantitative estimate of drug-likeness (QED) is 0.388. The van der Waals surface area contributed by atoms with Crippen LogP contribution in [0.4, 0.5) is 11.4 Å². The van der Waals surface area contributed by atoms with E-state index in [2.05, 4.69) is 15.4 Å². The molecule has 0 aliphatic carbocycles. The van der Waals surface area contributed by atoms with Crippen molar-refractivity contribution in [3.8, 4) is 11.5 Å². The zero-order chi connectivity index (χ0) is 23.1. The van der Waals surface area contributed by atoms with Gasteiger partial charge in [0.1, 0.15) is 11.5 Å². The number of sulfonamides is 1. The minimum absolute atomic E-state index is 0.0474. The summed E-state index contributed by atoms with van der Waals surface area (Å²) in [6.45, 7) is 2.39. The van der Waals surface area contributed by atoms with Crippen molar-refractivity contribution >= 4 is 44.6 Å². The SMILES string of the molecule is CCOc1ccc(NS(=O)(=O)c2ccc(NC(=S)NC(=O)c3ccc(O)cc3)cc2)cc1. The van der Waals surface area contributed by atoms with Crippen LogP contribution in [0.3, 0.4) is 0 Å². The fourth-order valence-electron chi connectivity index (χ4n) is 2.67. The van der Waals surface area contributed by atoms with E-state index in [1.165, 1.54) is 48.5 Å². The molecule has 3 aromatic rings. The number of anilines is 2. The van der Waals surface area contributed by atoms with E-state index in [-0.39, 0.29) is 15.8 Å². The third-order valence-corrected chi connectivity index (χ3v) is 5.80. The van der Waals surface area contributed by atoms with Gasteiger partial charge >= 0.3 is 0 Å². The molecule has 0 fully saturated rings. The fraction of sp³-hybridized carbons (Fsp3) is 0.0909. The average molecular weight is 472 g/mol. The van der Waals surface area contributed by atoms with E-state index in [0.29, 0.717) is 29.3 Å². The van der Waals surface area contributed by atoms with E-state index in [4.69, 9.17) is 17.0 Å². The summed E-state index contributed by atoms with van der Waals surface area (Å²) in [7, 11) is -3.78. The second-order valence-electron chi connectivity index (χ2n) is 6.54. The van der Waals surface area contributed by atoms with Crippen LogP contribution in [0.1, 0.15) is 17.3 Å². The number of rotatable bonds is 7. The van der Waals surface area contributed by atoms with Gasteiger partial charge in [-0.3, -0.25) is 14.8 Å². The molecule has 0 spiro atoms. The maximum Gasteiger partial charge on any atom is 0.261 e. The first-order chi connectivity index (χ1) is 15.3. The Kier molecular flexibility index (Phi) is 7.29. The molecule has 3 aromatic carbocycles. The van der Waals surface area contributed by atoms with Gasteiger partial charge in [0.15, 0.2) is 5.11 Å². The van der Waals surface area contributed by atoms with Crippen LogP contribution in [0.25, 0.3) is 0 Å². The van der Waals surface area contributed by atoms with Crippen LogP contribution in [-0.2, 0) is 10.0 Å². The van der Waals surface area contributed by atoms with E-state index in [9.17, 15) is 18.3 Å². The molecule has 0 saturated carbocycles. The van der Waals surface area contributed by atoms with Crippen molar-refractivity contribution in [2.45, 2.75) is 11.8 Å². The molecule has 0 heterocycles. The molecule has 0 saturated heterocycles. The topological polar surface area (TPSA) is 117 Å². The summed E-state index contributed by atoms with van der Waals surface area (Å²) in [5.41, 5.74) is 1.24. The van der Waals surface area contributed by atoms with Crippen molar-refractivity contribution < 1.29 is 23.1 Å². The zero-order valence-electron chi connectivity index (χ0n) is 17.0. The zero-order valence-corrected chi connectivity index (χ0v) is 18.7. The first-order valence-electron chi connectivity index (χ1n) is 9.54. The number of thiocarbonyl (C=S) groups is 1. The first-order valence-corrected chi connectivity index (χ1v) is 11.4. The lowest BCUT2D eigenvalue weighted by atomic mass is 10.2. The molecule has 3 rings (SSSR count). The Morgan fingerprint density at radius 3 is 2.12 bits per heavy atom. The number of hydrogen-bond acceptors (Lipinski definition) is 6. The van der Waals surface area contributed by atoms with Gasteiger partial charge in [0.2, 0.25) is 0 Å². The molecule has 0 aliphatic rings. The lowest BCUT2D eigenvalue weighted by molar-refractivity contribution is 0.0977. The molecule has 4 N–H and O–H groups in total. The second kappa shape index (κ2) is 10.1. The normalized spacial score (nSPS) is 10.8. The Morgan fingerprint density at radius 1 is 0.938 bits per heavy atom. The largest absolute Gasteiger partial charge is 0.508 e. The van der Waals surface area contributed by atoms with E-state index < -0.39 is 15.9 Å². The molecule has 1 amide bonds. The lowest BCUT2D eigenvalue weighted by Gasteiger charge is -2.12. The second-order valence-corrected chi connectivity index (χ2v) is 8.63. The summed E-state index contributed by atoms with van der Waals surface area (Å²) in [5.74, 6) is 0.259. The van der Waals surface area contributed by atoms with Gasteiger partial charge < -0.3 is 15.2 Å². The molecular weight excluding hydrogens is 450 g/mol. The Morgan fingerprint density at radius 2 is 1.53 bits per heavy atom. The van der Waals surface area contributed by atoms with Gasteiger partial charge in [-0.2, -0.15) is 0 Å². The molecule has 0 unspecified atom stereocenters. The summed E-state index contributed by atoms with van der Waals surface area (Å²) in [6, 6.07) is 18.2. The highest BCUT2D eigenvalue weighted by atomic mass is 32.2. The molecule has 0 aliphatic heterocycles. The van der Waals surface area contributed by atoms with Crippen LogP contribution in [0, 0.1) is 0 Å². The Hall–Kier alpha value is -3.63. The molecular formula is C22H21N3O5S2. The third-order valence-electron chi connectivity index (χ3n) is 4.20. The average Bonchev–Trinajstić information content (AvgIpc) is 2.76. The highest BCUT2D eigenvalue weighted by molar-refractivity contribution is 7.92. The van der Waals surface area contributed by atoms with Crippen molar-refractivity contribution in [2.75, 3.05) is 16.6 Å². The van der Waals surface area contributed by atoms with Gasteiger partial charge in [-0.25, -0.2) is 8.42 Å². The molecule has 0 radical (unpaired) electrons. The van der Waals surface area contributed by atoms with Gasteiger partial charge in [0.25, 0.3) is 15.9 Å². The van der Waals surface area contributed by atoms with Crippen LogP contribution < -0.4 is 20.1 Å².